The van der Waals surface area contributed by atoms with E-state index in [4.69, 9.17) is 4.74 Å². The molecule has 1 aromatic carbocycles. The van der Waals surface area contributed by atoms with Crippen LogP contribution in [0.1, 0.15) is 18.2 Å². The van der Waals surface area contributed by atoms with Crippen LogP contribution in [0.15, 0.2) is 30.3 Å². The summed E-state index contributed by atoms with van der Waals surface area (Å²) in [5.41, 5.74) is 0.381. The first kappa shape index (κ1) is 20.2. The number of halogens is 3. The average Bonchev–Trinajstić information content (AvgIpc) is 2.46. The van der Waals surface area contributed by atoms with Crippen molar-refractivity contribution in [1.82, 2.24) is 4.72 Å². The molecule has 0 bridgehead atoms. The molecule has 1 N–H and O–H groups in total. The second-order valence-corrected chi connectivity index (χ2v) is 7.31. The zero-order valence-corrected chi connectivity index (χ0v) is 14.0. The molecule has 0 aromatic heterocycles. The van der Waals surface area contributed by atoms with Crippen molar-refractivity contribution >= 4 is 21.8 Å². The van der Waals surface area contributed by atoms with E-state index in [0.717, 1.165) is 0 Å². The van der Waals surface area contributed by atoms with Crippen molar-refractivity contribution in [3.63, 3.8) is 0 Å². The van der Waals surface area contributed by atoms with E-state index in [0.29, 0.717) is 17.7 Å². The van der Waals surface area contributed by atoms with Crippen molar-refractivity contribution in [1.29, 1.82) is 0 Å². The Balaban J connectivity index is 2.72. The number of alkyl halides is 3. The highest BCUT2D eigenvalue weighted by atomic mass is 32.2. The minimum absolute atomic E-state index is 0.138. The van der Waals surface area contributed by atoms with Crippen molar-refractivity contribution < 1.29 is 31.1 Å². The Bertz CT molecular complexity index is 552. The molecule has 0 aliphatic carbocycles. The fraction of sp³-hybridized carbons (Fsp3) is 0.538. The minimum atomic E-state index is -4.85. The largest absolute Gasteiger partial charge is 0.524 e. The first-order valence-electron chi connectivity index (χ1n) is 6.60. The summed E-state index contributed by atoms with van der Waals surface area (Å²) in [5, 5.41) is 0. The maximum atomic E-state index is 12.0. The van der Waals surface area contributed by atoms with Gasteiger partial charge in [0.2, 0.25) is 10.0 Å². The molecule has 23 heavy (non-hydrogen) atoms. The molecule has 1 atom stereocenters. The lowest BCUT2D eigenvalue weighted by Crippen LogP contribution is -2.33. The Kier molecular flexibility index (Phi) is 8.34. The lowest BCUT2D eigenvalue weighted by Gasteiger charge is -2.20. The zero-order chi connectivity index (χ0) is 17.3. The van der Waals surface area contributed by atoms with Gasteiger partial charge in [0.25, 0.3) is 0 Å². The molecule has 0 heterocycles. The maximum Gasteiger partial charge on any atom is 0.524 e. The predicted octanol–water partition coefficient (Wildman–Crippen LogP) is 2.87. The summed E-state index contributed by atoms with van der Waals surface area (Å²) in [6.45, 7) is -1.11. The molecule has 0 saturated carbocycles. The summed E-state index contributed by atoms with van der Waals surface area (Å²) in [7, 11) is -3.69. The van der Waals surface area contributed by atoms with Gasteiger partial charge in [-0.3, -0.25) is 4.74 Å². The first-order chi connectivity index (χ1) is 10.7. The molecule has 0 fully saturated rings. The number of nitrogens with one attached hydrogen (secondary N) is 1. The zero-order valence-electron chi connectivity index (χ0n) is 12.4. The molecule has 0 saturated heterocycles. The van der Waals surface area contributed by atoms with Crippen molar-refractivity contribution in [3.05, 3.63) is 35.9 Å². The van der Waals surface area contributed by atoms with E-state index in [9.17, 15) is 21.6 Å². The molecule has 1 rings (SSSR count). The van der Waals surface area contributed by atoms with Crippen molar-refractivity contribution in [2.24, 2.45) is 0 Å². The summed E-state index contributed by atoms with van der Waals surface area (Å²) in [6.07, 6.45) is -3.82. The standard InChI is InChI=1S/C13H18F3NO4S2/c1-22-8-5-9-23(18,19)17-12(11-6-3-2-4-7-11)20-10-21-13(14,15)16/h2-4,6-7,12,17H,5,8-10H2,1H3. The van der Waals surface area contributed by atoms with Gasteiger partial charge in [0.15, 0.2) is 6.79 Å². The fourth-order valence-electron chi connectivity index (χ4n) is 1.61. The van der Waals surface area contributed by atoms with Gasteiger partial charge in [-0.1, -0.05) is 30.3 Å². The second-order valence-electron chi connectivity index (χ2n) is 4.45. The molecular formula is C13H18F3NO4S2. The van der Waals surface area contributed by atoms with E-state index in [1.165, 1.54) is 11.8 Å². The Morgan fingerprint density at radius 1 is 1.26 bits per heavy atom. The van der Waals surface area contributed by atoms with Gasteiger partial charge >= 0.3 is 6.36 Å². The van der Waals surface area contributed by atoms with E-state index in [1.807, 2.05) is 6.26 Å². The Hall–Kier alpha value is -0.810. The van der Waals surface area contributed by atoms with E-state index in [-0.39, 0.29) is 5.75 Å². The van der Waals surface area contributed by atoms with Crippen LogP contribution in [0.5, 0.6) is 0 Å². The molecule has 1 unspecified atom stereocenters. The maximum absolute atomic E-state index is 12.0. The van der Waals surface area contributed by atoms with Crippen molar-refractivity contribution in [2.75, 3.05) is 24.6 Å². The van der Waals surface area contributed by atoms with Gasteiger partial charge in [0, 0.05) is 0 Å². The number of hydrogen-bond acceptors (Lipinski definition) is 5. The topological polar surface area (TPSA) is 64.6 Å². The van der Waals surface area contributed by atoms with Crippen LogP contribution in [0.25, 0.3) is 0 Å². The van der Waals surface area contributed by atoms with E-state index in [1.54, 1.807) is 30.3 Å². The molecule has 1 aromatic rings. The van der Waals surface area contributed by atoms with Crippen molar-refractivity contribution in [2.45, 2.75) is 19.0 Å². The van der Waals surface area contributed by atoms with Crippen LogP contribution in [0, 0.1) is 0 Å². The Morgan fingerprint density at radius 2 is 1.91 bits per heavy atom. The number of hydrogen-bond donors (Lipinski definition) is 1. The van der Waals surface area contributed by atoms with Crippen LogP contribution in [0.2, 0.25) is 0 Å². The lowest BCUT2D eigenvalue weighted by atomic mass is 10.2. The molecule has 10 heteroatoms. The number of sulfonamides is 1. The third-order valence-corrected chi connectivity index (χ3v) is 4.70. The van der Waals surface area contributed by atoms with Gasteiger partial charge in [-0.05, 0) is 24.0 Å². The van der Waals surface area contributed by atoms with E-state index >= 15 is 0 Å². The van der Waals surface area contributed by atoms with Gasteiger partial charge in [-0.2, -0.15) is 16.5 Å². The first-order valence-corrected chi connectivity index (χ1v) is 9.64. The van der Waals surface area contributed by atoms with Gasteiger partial charge in [0.1, 0.15) is 6.23 Å². The van der Waals surface area contributed by atoms with Crippen LogP contribution >= 0.6 is 11.8 Å². The van der Waals surface area contributed by atoms with Gasteiger partial charge < -0.3 is 4.74 Å². The van der Waals surface area contributed by atoms with Crippen LogP contribution in [0.3, 0.4) is 0 Å². The van der Waals surface area contributed by atoms with Crippen LogP contribution < -0.4 is 4.72 Å². The monoisotopic (exact) mass is 373 g/mol. The summed E-state index contributed by atoms with van der Waals surface area (Å²) >= 11 is 1.51. The Morgan fingerprint density at radius 3 is 2.48 bits per heavy atom. The highest BCUT2D eigenvalue weighted by Gasteiger charge is 2.30. The molecule has 5 nitrogen and oxygen atoms in total. The molecule has 132 valence electrons. The molecule has 0 spiro atoms. The predicted molar refractivity (Wildman–Crippen MR) is 82.2 cm³/mol. The third kappa shape index (κ3) is 9.16. The summed E-state index contributed by atoms with van der Waals surface area (Å²) in [5.74, 6) is 0.523. The Labute approximate surface area is 137 Å². The molecule has 0 aliphatic rings. The van der Waals surface area contributed by atoms with Gasteiger partial charge in [0.05, 0.1) is 5.75 Å². The normalized spacial score (nSPS) is 13.9. The SMILES string of the molecule is CSCCCS(=O)(=O)NC(OCOC(F)(F)F)c1ccccc1. The number of rotatable bonds is 10. The van der Waals surface area contributed by atoms with E-state index < -0.39 is 29.4 Å². The van der Waals surface area contributed by atoms with Crippen LogP contribution in [0.4, 0.5) is 13.2 Å². The number of thioether (sulfide) groups is 1. The smallest absolute Gasteiger partial charge is 0.332 e. The molecule has 0 radical (unpaired) electrons. The molecular weight excluding hydrogens is 355 g/mol. The average molecular weight is 373 g/mol. The van der Waals surface area contributed by atoms with E-state index in [2.05, 4.69) is 9.46 Å². The van der Waals surface area contributed by atoms with Gasteiger partial charge in [-0.25, -0.2) is 8.42 Å². The lowest BCUT2D eigenvalue weighted by molar-refractivity contribution is -0.354. The third-order valence-electron chi connectivity index (χ3n) is 2.61. The highest BCUT2D eigenvalue weighted by molar-refractivity contribution is 7.98. The summed E-state index contributed by atoms with van der Waals surface area (Å²) < 4.78 is 70.7. The quantitative estimate of drug-likeness (QED) is 0.505. The molecule has 0 aliphatic heterocycles. The number of benzene rings is 1. The summed E-state index contributed by atoms with van der Waals surface area (Å²) in [6, 6.07) is 8.03. The summed E-state index contributed by atoms with van der Waals surface area (Å²) in [4.78, 5) is 0. The highest BCUT2D eigenvalue weighted by Crippen LogP contribution is 2.20. The van der Waals surface area contributed by atoms with Crippen molar-refractivity contribution in [3.8, 4) is 0 Å². The minimum Gasteiger partial charge on any atom is -0.332 e. The van der Waals surface area contributed by atoms with Crippen LogP contribution in [-0.4, -0.2) is 39.3 Å². The molecule has 0 amide bonds. The fourth-order valence-corrected chi connectivity index (χ4v) is 3.40. The van der Waals surface area contributed by atoms with Crippen LogP contribution in [-0.2, 0) is 19.5 Å². The van der Waals surface area contributed by atoms with Gasteiger partial charge in [-0.15, -0.1) is 13.2 Å². The second kappa shape index (κ2) is 9.48. The number of ether oxygens (including phenoxy) is 2.